The molecule has 0 heterocycles. The molecule has 0 saturated heterocycles. The molecule has 0 radical (unpaired) electrons. The molecule has 0 aromatic heterocycles. The summed E-state index contributed by atoms with van der Waals surface area (Å²) in [6.07, 6.45) is 2.26. The number of hydrogen-bond acceptors (Lipinski definition) is 2. The Kier molecular flexibility index (Phi) is 4.58. The zero-order valence-electron chi connectivity index (χ0n) is 10.4. The first-order chi connectivity index (χ1) is 7.58. The Morgan fingerprint density at radius 1 is 1.44 bits per heavy atom. The molecule has 1 rings (SSSR count). The van der Waals surface area contributed by atoms with E-state index in [4.69, 9.17) is 11.5 Å². The molecule has 5 heteroatoms. The summed E-state index contributed by atoms with van der Waals surface area (Å²) in [5, 5.41) is 2.99. The first-order valence-corrected chi connectivity index (χ1v) is 5.98. The molecule has 0 aromatic rings. The number of aliphatic imine (C=N–C) groups is 2. The van der Waals surface area contributed by atoms with E-state index in [2.05, 4.69) is 22.2 Å². The van der Waals surface area contributed by atoms with E-state index >= 15 is 0 Å². The Labute approximate surface area is 97.4 Å². The Bertz CT molecular complexity index is 284. The van der Waals surface area contributed by atoms with Crippen molar-refractivity contribution in [3.63, 3.8) is 0 Å². The average molecular weight is 225 g/mol. The second-order valence-corrected chi connectivity index (χ2v) is 4.24. The number of amidine groups is 1. The van der Waals surface area contributed by atoms with Crippen LogP contribution in [0.25, 0.3) is 0 Å². The van der Waals surface area contributed by atoms with Crippen LogP contribution in [-0.4, -0.2) is 24.5 Å². The summed E-state index contributed by atoms with van der Waals surface area (Å²) in [5.41, 5.74) is 11.6. The van der Waals surface area contributed by atoms with Gasteiger partial charge in [-0.2, -0.15) is 0 Å². The number of nitrogens with one attached hydrogen (secondary N) is 1. The lowest BCUT2D eigenvalue weighted by molar-refractivity contribution is 0.683. The van der Waals surface area contributed by atoms with Crippen molar-refractivity contribution in [2.75, 3.05) is 6.54 Å². The van der Waals surface area contributed by atoms with Crippen molar-refractivity contribution in [2.45, 2.75) is 39.8 Å². The van der Waals surface area contributed by atoms with E-state index in [0.29, 0.717) is 18.4 Å². The van der Waals surface area contributed by atoms with Crippen LogP contribution >= 0.6 is 0 Å². The molecule has 1 aliphatic carbocycles. The molecule has 5 nitrogen and oxygen atoms in total. The van der Waals surface area contributed by atoms with Crippen molar-refractivity contribution < 1.29 is 0 Å². The maximum atomic E-state index is 5.92. The van der Waals surface area contributed by atoms with Crippen molar-refractivity contribution in [1.29, 1.82) is 0 Å². The van der Waals surface area contributed by atoms with E-state index in [9.17, 15) is 0 Å². The van der Waals surface area contributed by atoms with Gasteiger partial charge in [-0.15, -0.1) is 0 Å². The van der Waals surface area contributed by atoms with Gasteiger partial charge in [0.25, 0.3) is 0 Å². The van der Waals surface area contributed by atoms with E-state index in [1.807, 2.05) is 13.8 Å². The van der Waals surface area contributed by atoms with Crippen LogP contribution in [0.5, 0.6) is 0 Å². The molecule has 1 fully saturated rings. The van der Waals surface area contributed by atoms with Crippen molar-refractivity contribution >= 4 is 11.8 Å². The Hall–Kier alpha value is -1.26. The predicted octanol–water partition coefficient (Wildman–Crippen LogP) is 0.660. The van der Waals surface area contributed by atoms with Gasteiger partial charge in [0.15, 0.2) is 5.96 Å². The molecule has 1 saturated carbocycles. The Morgan fingerprint density at radius 3 is 2.62 bits per heavy atom. The summed E-state index contributed by atoms with van der Waals surface area (Å²) < 4.78 is 0. The number of nitrogens with two attached hydrogens (primary N) is 2. The first kappa shape index (κ1) is 12.8. The molecule has 0 spiro atoms. The summed E-state index contributed by atoms with van der Waals surface area (Å²) in [7, 11) is 0. The molecule has 0 aromatic carbocycles. The van der Waals surface area contributed by atoms with Crippen LogP contribution in [0.2, 0.25) is 0 Å². The van der Waals surface area contributed by atoms with E-state index in [-0.39, 0.29) is 6.17 Å². The smallest absolute Gasteiger partial charge is 0.190 e. The van der Waals surface area contributed by atoms with Crippen LogP contribution in [0.4, 0.5) is 0 Å². The van der Waals surface area contributed by atoms with Crippen LogP contribution in [0.15, 0.2) is 9.98 Å². The molecule has 1 aliphatic rings. The third-order valence-electron chi connectivity index (χ3n) is 2.85. The van der Waals surface area contributed by atoms with Gasteiger partial charge in [0.05, 0.1) is 5.84 Å². The molecule has 0 aliphatic heterocycles. The Balaban J connectivity index is 2.41. The second-order valence-electron chi connectivity index (χ2n) is 4.24. The van der Waals surface area contributed by atoms with E-state index in [1.165, 1.54) is 12.8 Å². The van der Waals surface area contributed by atoms with E-state index < -0.39 is 0 Å². The molecule has 92 valence electrons. The monoisotopic (exact) mass is 225 g/mol. The van der Waals surface area contributed by atoms with Gasteiger partial charge < -0.3 is 16.8 Å². The fourth-order valence-corrected chi connectivity index (χ4v) is 1.84. The maximum absolute atomic E-state index is 5.92. The molecular formula is C11H23N5. The minimum absolute atomic E-state index is 0.103. The summed E-state index contributed by atoms with van der Waals surface area (Å²) in [6.45, 7) is 6.72. The van der Waals surface area contributed by atoms with Gasteiger partial charge in [-0.25, -0.2) is 4.99 Å². The molecule has 1 unspecified atom stereocenters. The summed E-state index contributed by atoms with van der Waals surface area (Å²) in [5.74, 6) is 2.39. The van der Waals surface area contributed by atoms with Crippen LogP contribution in [0.1, 0.15) is 33.6 Å². The number of nitrogens with zero attached hydrogens (tertiary/aromatic N) is 2. The molecule has 0 bridgehead atoms. The van der Waals surface area contributed by atoms with Gasteiger partial charge in [0.1, 0.15) is 6.17 Å². The van der Waals surface area contributed by atoms with Gasteiger partial charge in [-0.1, -0.05) is 13.3 Å². The number of hydrogen-bond donors (Lipinski definition) is 3. The third kappa shape index (κ3) is 3.72. The fraction of sp³-hybridized carbons (Fsp3) is 0.818. The molecule has 5 N–H and O–H groups in total. The molecule has 16 heavy (non-hydrogen) atoms. The standard InChI is InChI=1S/C11H23N5/c1-4-8-6-9(8)10(12)15-7(3)16-11(13)14-5-2/h7-9H,4-6H2,1-3H3,(H2,12,15)(H3,13,14,16)/t7?,8-,9-/m1/s1. The average Bonchev–Trinajstić information content (AvgIpc) is 2.96. The highest BCUT2D eigenvalue weighted by Crippen LogP contribution is 2.40. The van der Waals surface area contributed by atoms with E-state index in [1.54, 1.807) is 0 Å². The topological polar surface area (TPSA) is 88.8 Å². The normalized spacial score (nSPS) is 27.7. The predicted molar refractivity (Wildman–Crippen MR) is 68.3 cm³/mol. The lowest BCUT2D eigenvalue weighted by atomic mass is 10.2. The molecule has 0 amide bonds. The highest BCUT2D eigenvalue weighted by molar-refractivity contribution is 5.86. The molecular weight excluding hydrogens is 202 g/mol. The van der Waals surface area contributed by atoms with Crippen molar-refractivity contribution in [1.82, 2.24) is 5.32 Å². The summed E-state index contributed by atoms with van der Waals surface area (Å²) in [6, 6.07) is 0. The van der Waals surface area contributed by atoms with E-state index in [0.717, 1.165) is 11.8 Å². The lowest BCUT2D eigenvalue weighted by Crippen LogP contribution is -2.38. The first-order valence-electron chi connectivity index (χ1n) is 5.98. The second kappa shape index (κ2) is 5.72. The van der Waals surface area contributed by atoms with Crippen LogP contribution in [-0.2, 0) is 0 Å². The van der Waals surface area contributed by atoms with Gasteiger partial charge in [-0.3, -0.25) is 4.99 Å². The molecule has 3 atom stereocenters. The largest absolute Gasteiger partial charge is 0.387 e. The Morgan fingerprint density at radius 2 is 2.12 bits per heavy atom. The van der Waals surface area contributed by atoms with Crippen molar-refractivity contribution in [3.8, 4) is 0 Å². The van der Waals surface area contributed by atoms with Gasteiger partial charge in [0.2, 0.25) is 0 Å². The van der Waals surface area contributed by atoms with Crippen LogP contribution in [0.3, 0.4) is 0 Å². The maximum Gasteiger partial charge on any atom is 0.190 e. The van der Waals surface area contributed by atoms with Gasteiger partial charge in [0, 0.05) is 12.5 Å². The van der Waals surface area contributed by atoms with Crippen LogP contribution < -0.4 is 16.8 Å². The van der Waals surface area contributed by atoms with Gasteiger partial charge in [-0.05, 0) is 26.2 Å². The minimum Gasteiger partial charge on any atom is -0.387 e. The number of guanidine groups is 1. The van der Waals surface area contributed by atoms with Crippen molar-refractivity contribution in [3.05, 3.63) is 0 Å². The summed E-state index contributed by atoms with van der Waals surface area (Å²) in [4.78, 5) is 8.42. The number of rotatable bonds is 5. The highest BCUT2D eigenvalue weighted by Gasteiger charge is 2.38. The third-order valence-corrected chi connectivity index (χ3v) is 2.85. The zero-order valence-corrected chi connectivity index (χ0v) is 10.4. The SMILES string of the molecule is CCN=C(N)NC(C)N=C(N)[C@@H]1C[C@H]1CC. The fourth-order valence-electron chi connectivity index (χ4n) is 1.84. The highest BCUT2D eigenvalue weighted by atomic mass is 15.2. The summed E-state index contributed by atoms with van der Waals surface area (Å²) >= 11 is 0. The van der Waals surface area contributed by atoms with Gasteiger partial charge >= 0.3 is 0 Å². The lowest BCUT2D eigenvalue weighted by Gasteiger charge is -2.11. The van der Waals surface area contributed by atoms with Crippen LogP contribution in [0, 0.1) is 11.8 Å². The van der Waals surface area contributed by atoms with Crippen molar-refractivity contribution in [2.24, 2.45) is 33.3 Å². The minimum atomic E-state index is -0.103. The quantitative estimate of drug-likeness (QED) is 0.474. The zero-order chi connectivity index (χ0) is 12.1.